The summed E-state index contributed by atoms with van der Waals surface area (Å²) in [5.41, 5.74) is 0.666. The summed E-state index contributed by atoms with van der Waals surface area (Å²) in [5.74, 6) is -1.48. The Balaban J connectivity index is 1.73. The first-order valence-corrected chi connectivity index (χ1v) is 7.51. The van der Waals surface area contributed by atoms with Crippen molar-refractivity contribution in [3.63, 3.8) is 0 Å². The lowest BCUT2D eigenvalue weighted by Crippen LogP contribution is -2.32. The van der Waals surface area contributed by atoms with E-state index in [1.54, 1.807) is 0 Å². The molecule has 3 rings (SSSR count). The first-order chi connectivity index (χ1) is 9.93. The maximum atomic E-state index is 12.5. The van der Waals surface area contributed by atoms with E-state index < -0.39 is 23.2 Å². The zero-order chi connectivity index (χ0) is 15.2. The Kier molecular flexibility index (Phi) is 3.27. The van der Waals surface area contributed by atoms with Gasteiger partial charge in [0.1, 0.15) is 0 Å². The maximum Gasteiger partial charge on any atom is 0.307 e. The van der Waals surface area contributed by atoms with Crippen LogP contribution in [0.1, 0.15) is 38.3 Å². The van der Waals surface area contributed by atoms with Gasteiger partial charge in [0.05, 0.1) is 17.9 Å². The van der Waals surface area contributed by atoms with Crippen LogP contribution in [-0.4, -0.2) is 17.0 Å². The predicted molar refractivity (Wildman–Crippen MR) is 78.4 cm³/mol. The van der Waals surface area contributed by atoms with E-state index in [1.807, 2.05) is 44.2 Å². The average Bonchev–Trinajstić information content (AvgIpc) is 3.32. The predicted octanol–water partition coefficient (Wildman–Crippen LogP) is 2.61. The summed E-state index contributed by atoms with van der Waals surface area (Å²) in [7, 11) is 0. The first-order valence-electron chi connectivity index (χ1n) is 7.51. The molecular weight excluding hydrogens is 266 g/mol. The van der Waals surface area contributed by atoms with E-state index in [1.165, 1.54) is 0 Å². The van der Waals surface area contributed by atoms with E-state index in [2.05, 4.69) is 5.32 Å². The lowest BCUT2D eigenvalue weighted by atomic mass is 10.0. The third kappa shape index (κ3) is 2.55. The molecule has 0 aromatic heterocycles. The van der Waals surface area contributed by atoms with Crippen LogP contribution in [-0.2, 0) is 9.59 Å². The van der Waals surface area contributed by atoms with E-state index in [0.717, 1.165) is 18.4 Å². The summed E-state index contributed by atoms with van der Waals surface area (Å²) in [6.45, 7) is 3.70. The number of benzene rings is 1. The van der Waals surface area contributed by atoms with E-state index in [9.17, 15) is 14.7 Å². The van der Waals surface area contributed by atoms with Crippen molar-refractivity contribution in [3.8, 4) is 0 Å². The number of rotatable bonds is 5. The van der Waals surface area contributed by atoms with E-state index in [0.29, 0.717) is 5.92 Å². The van der Waals surface area contributed by atoms with Crippen molar-refractivity contribution in [2.45, 2.75) is 32.7 Å². The monoisotopic (exact) mass is 287 g/mol. The molecular formula is C17H21NO3. The molecule has 1 aromatic carbocycles. The zero-order valence-electron chi connectivity index (χ0n) is 12.4. The fraction of sp³-hybridized carbons (Fsp3) is 0.529. The Morgan fingerprint density at radius 1 is 1.19 bits per heavy atom. The summed E-state index contributed by atoms with van der Waals surface area (Å²) in [4.78, 5) is 23.7. The molecule has 1 aromatic rings. The average molecular weight is 287 g/mol. The molecule has 0 bridgehead atoms. The normalized spacial score (nSPS) is 27.7. The highest BCUT2D eigenvalue weighted by Gasteiger charge is 2.66. The van der Waals surface area contributed by atoms with Crippen LogP contribution >= 0.6 is 0 Å². The molecule has 112 valence electrons. The zero-order valence-corrected chi connectivity index (χ0v) is 12.4. The van der Waals surface area contributed by atoms with Crippen molar-refractivity contribution >= 4 is 11.9 Å². The van der Waals surface area contributed by atoms with Gasteiger partial charge in [-0.3, -0.25) is 9.59 Å². The van der Waals surface area contributed by atoms with Crippen LogP contribution < -0.4 is 5.32 Å². The summed E-state index contributed by atoms with van der Waals surface area (Å²) in [6.07, 6.45) is 2.24. The molecule has 2 fully saturated rings. The quantitative estimate of drug-likeness (QED) is 0.875. The van der Waals surface area contributed by atoms with E-state index in [4.69, 9.17) is 0 Å². The summed E-state index contributed by atoms with van der Waals surface area (Å²) < 4.78 is 0. The number of carbonyl (C=O) groups is 2. The van der Waals surface area contributed by atoms with Gasteiger partial charge in [0.25, 0.3) is 0 Å². The number of carboxylic acid groups (broad SMARTS) is 1. The number of nitrogens with one attached hydrogen (secondary N) is 1. The van der Waals surface area contributed by atoms with Crippen LogP contribution in [0.25, 0.3) is 0 Å². The maximum absolute atomic E-state index is 12.5. The van der Waals surface area contributed by atoms with Gasteiger partial charge >= 0.3 is 5.97 Å². The minimum absolute atomic E-state index is 0.0181. The lowest BCUT2D eigenvalue weighted by Gasteiger charge is -2.19. The summed E-state index contributed by atoms with van der Waals surface area (Å²) >= 11 is 0. The van der Waals surface area contributed by atoms with Gasteiger partial charge in [-0.15, -0.1) is 0 Å². The molecule has 4 nitrogen and oxygen atoms in total. The van der Waals surface area contributed by atoms with Crippen molar-refractivity contribution in [1.82, 2.24) is 5.32 Å². The van der Waals surface area contributed by atoms with Gasteiger partial charge in [0.15, 0.2) is 0 Å². The Morgan fingerprint density at radius 2 is 1.81 bits per heavy atom. The van der Waals surface area contributed by atoms with Crippen LogP contribution in [0.2, 0.25) is 0 Å². The number of carboxylic acids is 1. The Morgan fingerprint density at radius 3 is 2.29 bits per heavy atom. The smallest absolute Gasteiger partial charge is 0.307 e. The molecule has 2 N–H and O–H groups in total. The second-order valence-electron chi connectivity index (χ2n) is 6.85. The Labute approximate surface area is 124 Å². The first kappa shape index (κ1) is 14.1. The van der Waals surface area contributed by atoms with Crippen LogP contribution in [0.3, 0.4) is 0 Å². The van der Waals surface area contributed by atoms with E-state index >= 15 is 0 Å². The van der Waals surface area contributed by atoms with Gasteiger partial charge < -0.3 is 10.4 Å². The van der Waals surface area contributed by atoms with Gasteiger partial charge in [-0.25, -0.2) is 0 Å². The van der Waals surface area contributed by atoms with Crippen molar-refractivity contribution in [2.75, 3.05) is 0 Å². The molecule has 0 aliphatic heterocycles. The van der Waals surface area contributed by atoms with Gasteiger partial charge in [-0.2, -0.15) is 0 Å². The van der Waals surface area contributed by atoms with Crippen LogP contribution in [0.5, 0.6) is 0 Å². The molecule has 2 saturated carbocycles. The number of hydrogen-bond acceptors (Lipinski definition) is 2. The molecule has 0 spiro atoms. The SMILES string of the molecule is CC1(C)[C@H](C(=O)O)[C@@H]1C(=O)NC(c1ccccc1)C1CC1. The van der Waals surface area contributed by atoms with Crippen molar-refractivity contribution < 1.29 is 14.7 Å². The van der Waals surface area contributed by atoms with E-state index in [-0.39, 0.29) is 11.9 Å². The highest BCUT2D eigenvalue weighted by molar-refractivity contribution is 5.91. The van der Waals surface area contributed by atoms with Crippen molar-refractivity contribution in [2.24, 2.45) is 23.2 Å². The molecule has 2 aliphatic rings. The summed E-state index contributed by atoms with van der Waals surface area (Å²) in [6, 6.07) is 9.96. The molecule has 3 atom stereocenters. The third-order valence-corrected chi connectivity index (χ3v) is 4.93. The third-order valence-electron chi connectivity index (χ3n) is 4.93. The fourth-order valence-corrected chi connectivity index (χ4v) is 3.39. The molecule has 2 aliphatic carbocycles. The topological polar surface area (TPSA) is 66.4 Å². The number of carbonyl (C=O) groups excluding carboxylic acids is 1. The van der Waals surface area contributed by atoms with Gasteiger partial charge in [0, 0.05) is 0 Å². The highest BCUT2D eigenvalue weighted by Crippen LogP contribution is 2.58. The Bertz CT molecular complexity index is 563. The number of hydrogen-bond donors (Lipinski definition) is 2. The molecule has 1 unspecified atom stereocenters. The molecule has 0 radical (unpaired) electrons. The minimum Gasteiger partial charge on any atom is -0.481 e. The second-order valence-corrected chi connectivity index (χ2v) is 6.85. The number of amides is 1. The molecule has 0 heterocycles. The Hall–Kier alpha value is -1.84. The standard InChI is InChI=1S/C17H21NO3/c1-17(2)12(13(17)16(20)21)15(19)18-14(11-8-9-11)10-6-4-3-5-7-10/h3-7,11-14H,8-9H2,1-2H3,(H,18,19)(H,20,21)/t12-,13+,14?/m1/s1. The van der Waals surface area contributed by atoms with Gasteiger partial charge in [-0.05, 0) is 29.7 Å². The van der Waals surface area contributed by atoms with Crippen molar-refractivity contribution in [1.29, 1.82) is 0 Å². The lowest BCUT2D eigenvalue weighted by molar-refractivity contribution is -0.140. The largest absolute Gasteiger partial charge is 0.481 e. The highest BCUT2D eigenvalue weighted by atomic mass is 16.4. The van der Waals surface area contributed by atoms with Gasteiger partial charge in [-0.1, -0.05) is 44.2 Å². The summed E-state index contributed by atoms with van der Waals surface area (Å²) in [5, 5.41) is 12.3. The fourth-order valence-electron chi connectivity index (χ4n) is 3.39. The molecule has 4 heteroatoms. The van der Waals surface area contributed by atoms with Crippen LogP contribution in [0.4, 0.5) is 0 Å². The van der Waals surface area contributed by atoms with Crippen LogP contribution in [0, 0.1) is 23.2 Å². The molecule has 21 heavy (non-hydrogen) atoms. The number of aliphatic carboxylic acids is 1. The van der Waals surface area contributed by atoms with Crippen LogP contribution in [0.15, 0.2) is 30.3 Å². The molecule has 0 saturated heterocycles. The van der Waals surface area contributed by atoms with Gasteiger partial charge in [0.2, 0.25) is 5.91 Å². The molecule has 1 amide bonds. The van der Waals surface area contributed by atoms with Crippen molar-refractivity contribution in [3.05, 3.63) is 35.9 Å². The second kappa shape index (κ2) is 4.86. The minimum atomic E-state index is -0.872.